The van der Waals surface area contributed by atoms with E-state index in [1.54, 1.807) is 0 Å². The first-order valence-electron chi connectivity index (χ1n) is 18.3. The van der Waals surface area contributed by atoms with Crippen LogP contribution in [0.2, 0.25) is 0 Å². The van der Waals surface area contributed by atoms with Gasteiger partial charge in [0.15, 0.2) is 17.5 Å². The molecule has 3 heterocycles. The van der Waals surface area contributed by atoms with Crippen LogP contribution in [0.4, 0.5) is 17.1 Å². The molecule has 258 valence electrons. The average molecular weight is 707 g/mol. The van der Waals surface area contributed by atoms with Gasteiger partial charge in [-0.05, 0) is 65.4 Å². The summed E-state index contributed by atoms with van der Waals surface area (Å²) < 4.78 is 13.0. The van der Waals surface area contributed by atoms with Gasteiger partial charge in [0.1, 0.15) is 22.3 Å². The third-order valence-electron chi connectivity index (χ3n) is 10.3. The second-order valence-corrected chi connectivity index (χ2v) is 13.6. The molecule has 55 heavy (non-hydrogen) atoms. The van der Waals surface area contributed by atoms with Crippen molar-refractivity contribution in [3.8, 4) is 34.2 Å². The van der Waals surface area contributed by atoms with Crippen molar-refractivity contribution in [3.63, 3.8) is 0 Å². The Hall–Kier alpha value is -7.57. The summed E-state index contributed by atoms with van der Waals surface area (Å²) in [5, 5.41) is 6.42. The van der Waals surface area contributed by atoms with Crippen LogP contribution in [0.3, 0.4) is 0 Å². The smallest absolute Gasteiger partial charge is 0.164 e. The number of hydrogen-bond acceptors (Lipinski definition) is 6. The minimum atomic E-state index is 0.583. The van der Waals surface area contributed by atoms with Crippen molar-refractivity contribution in [1.29, 1.82) is 0 Å². The fraction of sp³-hybridized carbons (Fsp3) is 0. The molecule has 0 saturated heterocycles. The van der Waals surface area contributed by atoms with Crippen LogP contribution in [0.15, 0.2) is 191 Å². The number of anilines is 3. The molecule has 6 heteroatoms. The van der Waals surface area contributed by atoms with E-state index in [2.05, 4.69) is 120 Å². The lowest BCUT2D eigenvalue weighted by atomic mass is 10.0. The molecular weight excluding hydrogens is 677 g/mol. The summed E-state index contributed by atoms with van der Waals surface area (Å²) >= 11 is 0. The van der Waals surface area contributed by atoms with E-state index in [1.807, 2.05) is 66.7 Å². The summed E-state index contributed by atoms with van der Waals surface area (Å²) in [6, 6.07) is 62.1. The summed E-state index contributed by atoms with van der Waals surface area (Å²) in [5.74, 6) is 1.81. The molecule has 0 radical (unpaired) electrons. The second-order valence-electron chi connectivity index (χ2n) is 13.6. The van der Waals surface area contributed by atoms with Gasteiger partial charge in [0.05, 0.1) is 0 Å². The standard InChI is InChI=1S/C49H30N4O2/c1-3-13-32(14-4-1)47-50-48(34-23-22-31-12-7-8-15-33(31)28-34)52-49(51-47)41-19-11-21-43-46(41)40-27-25-37(30-45(40)55-43)53(35-16-5-2-6-17-35)36-24-26-39-38-18-9-10-20-42(38)54-44(39)29-36/h1-30H. The van der Waals surface area contributed by atoms with Gasteiger partial charge in [0.25, 0.3) is 0 Å². The van der Waals surface area contributed by atoms with Crippen molar-refractivity contribution >= 4 is 71.7 Å². The topological polar surface area (TPSA) is 68.2 Å². The van der Waals surface area contributed by atoms with Gasteiger partial charge in [-0.2, -0.15) is 0 Å². The molecule has 0 amide bonds. The molecule has 0 unspecified atom stereocenters. The van der Waals surface area contributed by atoms with E-state index in [-0.39, 0.29) is 0 Å². The molecular formula is C49H30N4O2. The monoisotopic (exact) mass is 706 g/mol. The molecule has 11 aromatic rings. The number of nitrogens with zero attached hydrogens (tertiary/aromatic N) is 4. The van der Waals surface area contributed by atoms with Gasteiger partial charge in [-0.3, -0.25) is 0 Å². The highest BCUT2D eigenvalue weighted by molar-refractivity contribution is 6.13. The molecule has 0 saturated carbocycles. The molecule has 0 N–H and O–H groups in total. The fourth-order valence-electron chi connectivity index (χ4n) is 7.69. The second kappa shape index (κ2) is 12.5. The van der Waals surface area contributed by atoms with E-state index in [1.165, 1.54) is 5.39 Å². The number of furan rings is 2. The van der Waals surface area contributed by atoms with Gasteiger partial charge >= 0.3 is 0 Å². The summed E-state index contributed by atoms with van der Waals surface area (Å²) in [6.07, 6.45) is 0. The molecule has 11 rings (SSSR count). The molecule has 8 aromatic carbocycles. The van der Waals surface area contributed by atoms with E-state index in [9.17, 15) is 0 Å². The van der Waals surface area contributed by atoms with Crippen LogP contribution in [0.1, 0.15) is 0 Å². The minimum absolute atomic E-state index is 0.583. The van der Waals surface area contributed by atoms with Crippen LogP contribution in [0.5, 0.6) is 0 Å². The van der Waals surface area contributed by atoms with Gasteiger partial charge in [-0.15, -0.1) is 0 Å². The van der Waals surface area contributed by atoms with E-state index in [0.29, 0.717) is 17.5 Å². The highest BCUT2D eigenvalue weighted by Crippen LogP contribution is 2.42. The predicted octanol–water partition coefficient (Wildman–Crippen LogP) is 13.3. The molecule has 0 atom stereocenters. The number of hydrogen-bond donors (Lipinski definition) is 0. The van der Waals surface area contributed by atoms with Crippen molar-refractivity contribution in [1.82, 2.24) is 15.0 Å². The zero-order valence-electron chi connectivity index (χ0n) is 29.4. The third-order valence-corrected chi connectivity index (χ3v) is 10.3. The van der Waals surface area contributed by atoms with Gasteiger partial charge < -0.3 is 13.7 Å². The Bertz CT molecular complexity index is 3220. The van der Waals surface area contributed by atoms with Crippen molar-refractivity contribution in [2.75, 3.05) is 4.90 Å². The Kier molecular flexibility index (Phi) is 7.07. The third kappa shape index (κ3) is 5.31. The zero-order chi connectivity index (χ0) is 36.3. The first-order chi connectivity index (χ1) is 27.2. The normalized spacial score (nSPS) is 11.6. The van der Waals surface area contributed by atoms with Crippen LogP contribution in [0.25, 0.3) is 88.8 Å². The molecule has 0 spiro atoms. The molecule has 0 bridgehead atoms. The van der Waals surface area contributed by atoms with Crippen molar-refractivity contribution in [2.24, 2.45) is 0 Å². The van der Waals surface area contributed by atoms with Crippen LogP contribution in [-0.4, -0.2) is 15.0 Å². The fourth-order valence-corrected chi connectivity index (χ4v) is 7.69. The molecule has 3 aromatic heterocycles. The van der Waals surface area contributed by atoms with Crippen LogP contribution in [-0.2, 0) is 0 Å². The van der Waals surface area contributed by atoms with E-state index < -0.39 is 0 Å². The SMILES string of the molecule is c1ccc(-c2nc(-c3ccc4ccccc4c3)nc(-c3cccc4oc5cc(N(c6ccccc6)c6ccc7c(c6)oc6ccccc67)ccc5c34)n2)cc1. The van der Waals surface area contributed by atoms with E-state index in [0.717, 1.165) is 83.0 Å². The summed E-state index contributed by atoms with van der Waals surface area (Å²) in [4.78, 5) is 17.4. The van der Waals surface area contributed by atoms with Crippen molar-refractivity contribution in [3.05, 3.63) is 182 Å². The molecule has 0 aliphatic rings. The zero-order valence-corrected chi connectivity index (χ0v) is 29.4. The summed E-state index contributed by atoms with van der Waals surface area (Å²) in [5.41, 5.74) is 8.91. The quantitative estimate of drug-likeness (QED) is 0.171. The maximum absolute atomic E-state index is 6.65. The molecule has 0 aliphatic carbocycles. The number of fused-ring (bicyclic) bond motifs is 7. The Morgan fingerprint density at radius 2 is 0.945 bits per heavy atom. The maximum Gasteiger partial charge on any atom is 0.164 e. The number of benzene rings is 8. The predicted molar refractivity (Wildman–Crippen MR) is 223 cm³/mol. The van der Waals surface area contributed by atoms with E-state index in [4.69, 9.17) is 23.8 Å². The van der Waals surface area contributed by atoms with Gasteiger partial charge in [0, 0.05) is 67.4 Å². The number of aromatic nitrogens is 3. The molecule has 6 nitrogen and oxygen atoms in total. The first-order valence-corrected chi connectivity index (χ1v) is 18.3. The Morgan fingerprint density at radius 3 is 1.76 bits per heavy atom. The Labute approximate surface area is 315 Å². The summed E-state index contributed by atoms with van der Waals surface area (Å²) in [6.45, 7) is 0. The Balaban J connectivity index is 1.07. The first kappa shape index (κ1) is 31.0. The average Bonchev–Trinajstić information content (AvgIpc) is 3.82. The lowest BCUT2D eigenvalue weighted by Crippen LogP contribution is -2.09. The van der Waals surface area contributed by atoms with E-state index >= 15 is 0 Å². The lowest BCUT2D eigenvalue weighted by Gasteiger charge is -2.25. The minimum Gasteiger partial charge on any atom is -0.456 e. The number of para-hydroxylation sites is 2. The highest BCUT2D eigenvalue weighted by Gasteiger charge is 2.21. The lowest BCUT2D eigenvalue weighted by molar-refractivity contribution is 0.669. The Morgan fingerprint density at radius 1 is 0.345 bits per heavy atom. The maximum atomic E-state index is 6.65. The van der Waals surface area contributed by atoms with Gasteiger partial charge in [0.2, 0.25) is 0 Å². The molecule has 0 fully saturated rings. The van der Waals surface area contributed by atoms with Gasteiger partial charge in [-0.25, -0.2) is 15.0 Å². The van der Waals surface area contributed by atoms with Crippen LogP contribution in [0, 0.1) is 0 Å². The summed E-state index contributed by atoms with van der Waals surface area (Å²) in [7, 11) is 0. The molecule has 0 aliphatic heterocycles. The highest BCUT2D eigenvalue weighted by atomic mass is 16.3. The van der Waals surface area contributed by atoms with Crippen LogP contribution >= 0.6 is 0 Å². The largest absolute Gasteiger partial charge is 0.456 e. The number of rotatable bonds is 6. The van der Waals surface area contributed by atoms with Gasteiger partial charge in [-0.1, -0.05) is 115 Å². The van der Waals surface area contributed by atoms with Crippen molar-refractivity contribution < 1.29 is 8.83 Å². The van der Waals surface area contributed by atoms with Crippen molar-refractivity contribution in [2.45, 2.75) is 0 Å². The van der Waals surface area contributed by atoms with Crippen LogP contribution < -0.4 is 4.90 Å².